The van der Waals surface area contributed by atoms with Crippen molar-refractivity contribution >= 4 is 27.2 Å². The highest BCUT2D eigenvalue weighted by Gasteiger charge is 2.11. The van der Waals surface area contributed by atoms with Crippen molar-refractivity contribution in [1.82, 2.24) is 4.98 Å². The van der Waals surface area contributed by atoms with E-state index in [0.717, 1.165) is 15.2 Å². The molecular weight excluding hydrogens is 212 g/mol. The third-order valence-corrected chi connectivity index (χ3v) is 3.43. The number of rotatable bonds is 2. The van der Waals surface area contributed by atoms with Gasteiger partial charge in [-0.15, -0.1) is 11.3 Å². The molecule has 5 heteroatoms. The predicted octanol–water partition coefficient (Wildman–Crippen LogP) is 3.33. The van der Waals surface area contributed by atoms with Crippen LogP contribution < -0.4 is 0 Å². The molecular formula is C10H10N2O2S. The average Bonchev–Trinajstić information content (AvgIpc) is 2.59. The molecule has 0 saturated carbocycles. The van der Waals surface area contributed by atoms with Gasteiger partial charge in [0.15, 0.2) is 0 Å². The average molecular weight is 222 g/mol. The van der Waals surface area contributed by atoms with Gasteiger partial charge in [-0.05, 0) is 6.07 Å². The second kappa shape index (κ2) is 3.58. The van der Waals surface area contributed by atoms with E-state index in [2.05, 4.69) is 18.8 Å². The molecule has 0 aliphatic heterocycles. The van der Waals surface area contributed by atoms with Crippen LogP contribution in [0.5, 0.6) is 0 Å². The number of fused-ring (bicyclic) bond motifs is 1. The largest absolute Gasteiger partial charge is 0.271 e. The topological polar surface area (TPSA) is 56.0 Å². The van der Waals surface area contributed by atoms with Crippen LogP contribution in [0.25, 0.3) is 10.2 Å². The Morgan fingerprint density at radius 3 is 2.80 bits per heavy atom. The molecule has 1 aromatic carbocycles. The molecule has 0 radical (unpaired) electrons. The van der Waals surface area contributed by atoms with Gasteiger partial charge in [0.25, 0.3) is 5.69 Å². The smallest absolute Gasteiger partial charge is 0.258 e. The first-order chi connectivity index (χ1) is 7.08. The molecule has 0 spiro atoms. The second-order valence-corrected chi connectivity index (χ2v) is 4.68. The minimum Gasteiger partial charge on any atom is -0.258 e. The van der Waals surface area contributed by atoms with Gasteiger partial charge in [-0.1, -0.05) is 13.8 Å². The van der Waals surface area contributed by atoms with Crippen LogP contribution in [0, 0.1) is 10.1 Å². The maximum absolute atomic E-state index is 10.6. The van der Waals surface area contributed by atoms with Gasteiger partial charge in [-0.3, -0.25) is 10.1 Å². The van der Waals surface area contributed by atoms with Crippen LogP contribution >= 0.6 is 11.3 Å². The number of thiazole rings is 1. The van der Waals surface area contributed by atoms with Gasteiger partial charge in [0.05, 0.1) is 20.1 Å². The van der Waals surface area contributed by atoms with Gasteiger partial charge in [0.1, 0.15) is 0 Å². The first-order valence-corrected chi connectivity index (χ1v) is 5.44. The zero-order valence-electron chi connectivity index (χ0n) is 8.43. The molecule has 0 bridgehead atoms. The van der Waals surface area contributed by atoms with Crippen molar-refractivity contribution < 1.29 is 4.92 Å². The van der Waals surface area contributed by atoms with E-state index >= 15 is 0 Å². The van der Waals surface area contributed by atoms with Crippen LogP contribution in [0.1, 0.15) is 24.8 Å². The third kappa shape index (κ3) is 1.83. The SMILES string of the molecule is CC(C)c1nc2cc([N+](=O)[O-])ccc2s1. The minimum atomic E-state index is -0.395. The number of aromatic nitrogens is 1. The summed E-state index contributed by atoms with van der Waals surface area (Å²) < 4.78 is 1.00. The van der Waals surface area contributed by atoms with E-state index in [1.807, 2.05) is 0 Å². The normalized spacial score (nSPS) is 11.1. The maximum Gasteiger partial charge on any atom is 0.271 e. The summed E-state index contributed by atoms with van der Waals surface area (Å²) in [7, 11) is 0. The van der Waals surface area contributed by atoms with E-state index < -0.39 is 4.92 Å². The molecule has 15 heavy (non-hydrogen) atoms. The lowest BCUT2D eigenvalue weighted by Gasteiger charge is -1.94. The second-order valence-electron chi connectivity index (χ2n) is 3.62. The van der Waals surface area contributed by atoms with E-state index in [9.17, 15) is 10.1 Å². The number of non-ortho nitro benzene ring substituents is 1. The Morgan fingerprint density at radius 1 is 1.47 bits per heavy atom. The van der Waals surface area contributed by atoms with Gasteiger partial charge in [-0.25, -0.2) is 4.98 Å². The van der Waals surface area contributed by atoms with E-state index in [1.165, 1.54) is 12.1 Å². The fourth-order valence-electron chi connectivity index (χ4n) is 1.29. The van der Waals surface area contributed by atoms with E-state index in [1.54, 1.807) is 17.4 Å². The molecule has 0 N–H and O–H groups in total. The number of nitro benzene ring substituents is 1. The molecule has 0 atom stereocenters. The monoisotopic (exact) mass is 222 g/mol. The predicted molar refractivity (Wildman–Crippen MR) is 60.4 cm³/mol. The standard InChI is InChI=1S/C10H10N2O2S/c1-6(2)10-11-8-5-7(12(13)14)3-4-9(8)15-10/h3-6H,1-2H3. The lowest BCUT2D eigenvalue weighted by atomic mass is 10.2. The molecule has 2 aromatic rings. The number of nitro groups is 1. The minimum absolute atomic E-state index is 0.100. The van der Waals surface area contributed by atoms with Crippen LogP contribution in [0.4, 0.5) is 5.69 Å². The summed E-state index contributed by atoms with van der Waals surface area (Å²) >= 11 is 1.59. The summed E-state index contributed by atoms with van der Waals surface area (Å²) in [5.41, 5.74) is 0.820. The summed E-state index contributed by atoms with van der Waals surface area (Å²) in [6.45, 7) is 4.12. The van der Waals surface area contributed by atoms with Crippen LogP contribution in [-0.2, 0) is 0 Å². The van der Waals surface area contributed by atoms with Crippen LogP contribution in [-0.4, -0.2) is 9.91 Å². The van der Waals surface area contributed by atoms with E-state index in [0.29, 0.717) is 5.92 Å². The highest BCUT2D eigenvalue weighted by molar-refractivity contribution is 7.18. The Hall–Kier alpha value is -1.49. The molecule has 0 amide bonds. The summed E-state index contributed by atoms with van der Waals surface area (Å²) in [5, 5.41) is 11.6. The number of hydrogen-bond donors (Lipinski definition) is 0. The first kappa shape index (κ1) is 10.0. The summed E-state index contributed by atoms with van der Waals surface area (Å²) in [4.78, 5) is 14.5. The molecule has 0 unspecified atom stereocenters. The Balaban J connectivity index is 2.57. The third-order valence-electron chi connectivity index (χ3n) is 2.09. The maximum atomic E-state index is 10.6. The lowest BCUT2D eigenvalue weighted by Crippen LogP contribution is -1.87. The Kier molecular flexibility index (Phi) is 2.40. The first-order valence-electron chi connectivity index (χ1n) is 4.63. The van der Waals surface area contributed by atoms with Crippen molar-refractivity contribution in [3.8, 4) is 0 Å². The summed E-state index contributed by atoms with van der Waals surface area (Å²) in [6.07, 6.45) is 0. The zero-order valence-corrected chi connectivity index (χ0v) is 9.25. The van der Waals surface area contributed by atoms with Gasteiger partial charge in [0, 0.05) is 18.1 Å². The molecule has 78 valence electrons. The molecule has 0 saturated heterocycles. The zero-order chi connectivity index (χ0) is 11.0. The molecule has 0 aliphatic carbocycles. The summed E-state index contributed by atoms with van der Waals surface area (Å²) in [6, 6.07) is 4.80. The Bertz CT molecular complexity index is 519. The van der Waals surface area contributed by atoms with Crippen molar-refractivity contribution in [3.05, 3.63) is 33.3 Å². The van der Waals surface area contributed by atoms with E-state index in [4.69, 9.17) is 0 Å². The van der Waals surface area contributed by atoms with Crippen molar-refractivity contribution in [1.29, 1.82) is 0 Å². The van der Waals surface area contributed by atoms with E-state index in [-0.39, 0.29) is 5.69 Å². The summed E-state index contributed by atoms with van der Waals surface area (Å²) in [5.74, 6) is 0.362. The number of hydrogen-bond acceptors (Lipinski definition) is 4. The number of benzene rings is 1. The molecule has 1 aromatic heterocycles. The Labute approximate surface area is 90.7 Å². The van der Waals surface area contributed by atoms with Gasteiger partial charge in [-0.2, -0.15) is 0 Å². The van der Waals surface area contributed by atoms with Crippen LogP contribution in [0.3, 0.4) is 0 Å². The molecule has 1 heterocycles. The van der Waals surface area contributed by atoms with Crippen LogP contribution in [0.2, 0.25) is 0 Å². The van der Waals surface area contributed by atoms with Gasteiger partial charge in [0.2, 0.25) is 0 Å². The molecule has 0 fully saturated rings. The van der Waals surface area contributed by atoms with Crippen molar-refractivity contribution in [3.63, 3.8) is 0 Å². The highest BCUT2D eigenvalue weighted by Crippen LogP contribution is 2.29. The van der Waals surface area contributed by atoms with Crippen molar-refractivity contribution in [2.75, 3.05) is 0 Å². The molecule has 2 rings (SSSR count). The van der Waals surface area contributed by atoms with Crippen LogP contribution in [0.15, 0.2) is 18.2 Å². The Morgan fingerprint density at radius 2 is 2.20 bits per heavy atom. The molecule has 0 aliphatic rings. The van der Waals surface area contributed by atoms with Gasteiger partial charge >= 0.3 is 0 Å². The quantitative estimate of drug-likeness (QED) is 0.578. The fraction of sp³-hybridized carbons (Fsp3) is 0.300. The van der Waals surface area contributed by atoms with Crippen molar-refractivity contribution in [2.45, 2.75) is 19.8 Å². The van der Waals surface area contributed by atoms with Gasteiger partial charge < -0.3 is 0 Å². The molecule has 4 nitrogen and oxygen atoms in total. The number of nitrogens with zero attached hydrogens (tertiary/aromatic N) is 2. The highest BCUT2D eigenvalue weighted by atomic mass is 32.1. The van der Waals surface area contributed by atoms with Crippen molar-refractivity contribution in [2.24, 2.45) is 0 Å². The lowest BCUT2D eigenvalue weighted by molar-refractivity contribution is -0.384. The fourth-order valence-corrected chi connectivity index (χ4v) is 2.24.